The van der Waals surface area contributed by atoms with E-state index in [9.17, 15) is 5.26 Å². The maximum atomic E-state index is 9.43. The van der Waals surface area contributed by atoms with Crippen molar-refractivity contribution in [2.24, 2.45) is 5.92 Å². The zero-order chi connectivity index (χ0) is 41.2. The maximum absolute atomic E-state index is 9.43. The van der Waals surface area contributed by atoms with Crippen molar-refractivity contribution >= 4 is 39.6 Å². The van der Waals surface area contributed by atoms with Crippen molar-refractivity contribution in [3.8, 4) is 50.8 Å². The van der Waals surface area contributed by atoms with Crippen LogP contribution in [0.3, 0.4) is 0 Å². The largest absolute Gasteiger partial charge is 0 e. The molecule has 4 nitrogen and oxygen atoms in total. The molecule has 0 saturated carbocycles. The van der Waals surface area contributed by atoms with Crippen LogP contribution in [0, 0.1) is 36.3 Å². The Labute approximate surface area is 366 Å². The van der Waals surface area contributed by atoms with Crippen LogP contribution in [0.1, 0.15) is 56.9 Å². The van der Waals surface area contributed by atoms with Crippen LogP contribution in [0.4, 0.5) is 0 Å². The van der Waals surface area contributed by atoms with E-state index in [-0.39, 0.29) is 25.5 Å². The molecule has 0 atom stereocenters. The van der Waals surface area contributed by atoms with Gasteiger partial charge in [-0.05, 0) is 52.3 Å². The van der Waals surface area contributed by atoms with E-state index in [1.807, 2.05) is 54.9 Å². The predicted molar refractivity (Wildman–Crippen MR) is 245 cm³/mol. The minimum Gasteiger partial charge on any atom is 0 e. The average Bonchev–Trinajstić information content (AvgIpc) is 3.58. The van der Waals surface area contributed by atoms with Gasteiger partial charge in [0, 0.05) is 31.7 Å². The smallest absolute Gasteiger partial charge is 0 e. The van der Waals surface area contributed by atoms with Crippen LogP contribution in [0.25, 0.3) is 66.7 Å². The second-order valence-corrected chi connectivity index (χ2v) is 28.2. The zero-order valence-corrected chi connectivity index (χ0v) is 40.0. The first-order valence-corrected chi connectivity index (χ1v) is 27.5. The number of nitriles is 1. The molecule has 0 fully saturated rings. The van der Waals surface area contributed by atoms with Gasteiger partial charge in [-0.15, -0.1) is 18.2 Å². The van der Waals surface area contributed by atoms with Crippen LogP contribution >= 0.6 is 0 Å². The molecule has 0 aliphatic heterocycles. The average molecular weight is 1010 g/mol. The van der Waals surface area contributed by atoms with E-state index in [1.54, 1.807) is 6.07 Å². The van der Waals surface area contributed by atoms with Crippen molar-refractivity contribution in [2.75, 3.05) is 0 Å². The van der Waals surface area contributed by atoms with E-state index < -0.39 is 13.3 Å². The Kier molecular flexibility index (Phi) is 13.3. The van der Waals surface area contributed by atoms with Crippen molar-refractivity contribution in [1.82, 2.24) is 9.97 Å². The Morgan fingerprint density at radius 3 is 2.17 bits per heavy atom. The number of aromatic nitrogens is 2. The van der Waals surface area contributed by atoms with Gasteiger partial charge in [0.05, 0.1) is 5.58 Å². The summed E-state index contributed by atoms with van der Waals surface area (Å²) in [5.41, 5.74) is 14.4. The molecule has 1 radical (unpaired) electrons. The maximum Gasteiger partial charge on any atom is 0 e. The molecule has 0 amide bonds. The molecule has 299 valence electrons. The van der Waals surface area contributed by atoms with Crippen LogP contribution in [-0.2, 0) is 31.9 Å². The molecule has 0 spiro atoms. The van der Waals surface area contributed by atoms with Crippen LogP contribution in [0.15, 0.2) is 132 Å². The first kappa shape index (κ1) is 43.5. The number of pyridine rings is 2. The SMILES string of the molecule is CC(C)Cc1ccnc(-c2[c-]ccc3c2oc2cc(-c4ccc(C(C)(C)C)cc4)ccc23)c1.Cc1cc(-c2[c-]cc(C#N)c(-c3ccccc3)c2)nc[c]1[Ge]([CH3])([CH3])[CH3].[Ir]. The van der Waals surface area contributed by atoms with Gasteiger partial charge in [-0.3, -0.25) is 0 Å². The van der Waals surface area contributed by atoms with Gasteiger partial charge < -0.3 is 9.40 Å². The van der Waals surface area contributed by atoms with Gasteiger partial charge in [0.1, 0.15) is 5.58 Å². The number of benzene rings is 5. The topological polar surface area (TPSA) is 62.7 Å². The number of hydrogen-bond acceptors (Lipinski definition) is 4. The van der Waals surface area contributed by atoms with Crippen molar-refractivity contribution in [3.63, 3.8) is 0 Å². The molecule has 8 aromatic rings. The molecule has 6 heteroatoms. The Morgan fingerprint density at radius 1 is 0.780 bits per heavy atom. The zero-order valence-electron chi connectivity index (χ0n) is 35.5. The third-order valence-corrected chi connectivity index (χ3v) is 15.1. The summed E-state index contributed by atoms with van der Waals surface area (Å²) in [6.07, 6.45) is 4.96. The van der Waals surface area contributed by atoms with Gasteiger partial charge in [0.2, 0.25) is 0 Å². The van der Waals surface area contributed by atoms with Crippen molar-refractivity contribution in [2.45, 2.75) is 70.6 Å². The molecular formula is C53H51GeIrN3O-2. The van der Waals surface area contributed by atoms with Crippen LogP contribution in [0.2, 0.25) is 17.3 Å². The number of rotatable bonds is 7. The third-order valence-electron chi connectivity index (χ3n) is 10.6. The first-order valence-electron chi connectivity index (χ1n) is 20.1. The second-order valence-electron chi connectivity index (χ2n) is 17.7. The van der Waals surface area contributed by atoms with Crippen molar-refractivity contribution < 1.29 is 24.5 Å². The van der Waals surface area contributed by atoms with Crippen LogP contribution in [-0.4, -0.2) is 23.2 Å². The van der Waals surface area contributed by atoms with E-state index >= 15 is 0 Å². The molecule has 0 bridgehead atoms. The normalized spacial score (nSPS) is 11.5. The molecule has 8 rings (SSSR count). The quantitative estimate of drug-likeness (QED) is 0.118. The molecule has 3 heterocycles. The van der Waals surface area contributed by atoms with E-state index in [2.05, 4.69) is 149 Å². The van der Waals surface area contributed by atoms with Crippen LogP contribution < -0.4 is 4.40 Å². The molecule has 59 heavy (non-hydrogen) atoms. The summed E-state index contributed by atoms with van der Waals surface area (Å²) >= 11 is -1.91. The Balaban J connectivity index is 0.000000203. The number of hydrogen-bond donors (Lipinski definition) is 0. The Bertz CT molecular complexity index is 2770. The molecule has 0 saturated heterocycles. The monoisotopic (exact) mass is 1010 g/mol. The van der Waals surface area contributed by atoms with Crippen LogP contribution in [0.5, 0.6) is 0 Å². The first-order chi connectivity index (χ1) is 27.7. The van der Waals surface area contributed by atoms with Gasteiger partial charge in [-0.1, -0.05) is 93.6 Å². The summed E-state index contributed by atoms with van der Waals surface area (Å²) in [6.45, 7) is 13.4. The number of aryl methyl sites for hydroxylation is 1. The molecule has 0 N–H and O–H groups in total. The standard InChI is InChI=1S/C31H30NO.C22H21GeN2.Ir/c1-20(2)17-21-15-16-32-28(18-21)27-8-6-7-26-25-14-11-23(19-29(25)33-30(26)27)22-9-12-24(13-10-22)31(3,4)5;1-16-12-22(25-15-21(16)23(2,3)4)18-10-11-19(14-24)20(13-18)17-8-6-5-7-9-17;/h6-7,9-16,18-20H,17H2,1-5H3;5-9,11-13,15H,1-4H3;/q2*-1;. The molecule has 3 aromatic heterocycles. The summed E-state index contributed by atoms with van der Waals surface area (Å²) in [7, 11) is 0. The molecule has 0 unspecified atom stereocenters. The van der Waals surface area contributed by atoms with Crippen molar-refractivity contribution in [1.29, 1.82) is 5.26 Å². The van der Waals surface area contributed by atoms with Gasteiger partial charge in [-0.25, -0.2) is 0 Å². The summed E-state index contributed by atoms with van der Waals surface area (Å²) in [5.74, 6) is 7.74. The van der Waals surface area contributed by atoms with E-state index in [4.69, 9.17) is 9.40 Å². The second kappa shape index (κ2) is 18.0. The molecular weight excluding hydrogens is 959 g/mol. The molecule has 0 aliphatic rings. The minimum absolute atomic E-state index is 0. The third kappa shape index (κ3) is 9.85. The molecule has 5 aromatic carbocycles. The fraction of sp³-hybridized carbons (Fsp3) is 0.226. The Morgan fingerprint density at radius 2 is 1.51 bits per heavy atom. The Hall–Kier alpha value is -5.12. The summed E-state index contributed by atoms with van der Waals surface area (Å²) in [4.78, 5) is 9.34. The summed E-state index contributed by atoms with van der Waals surface area (Å²) in [5, 5.41) is 11.7. The van der Waals surface area contributed by atoms with Gasteiger partial charge in [-0.2, -0.15) is 0 Å². The van der Waals surface area contributed by atoms with E-state index in [0.29, 0.717) is 11.5 Å². The number of fused-ring (bicyclic) bond motifs is 3. The fourth-order valence-electron chi connectivity index (χ4n) is 7.56. The predicted octanol–water partition coefficient (Wildman–Crippen LogP) is 13.5. The van der Waals surface area contributed by atoms with Gasteiger partial charge in [0.25, 0.3) is 0 Å². The van der Waals surface area contributed by atoms with E-state index in [1.165, 1.54) is 26.6 Å². The van der Waals surface area contributed by atoms with Crippen molar-refractivity contribution in [3.05, 3.63) is 162 Å². The minimum atomic E-state index is -1.91. The van der Waals surface area contributed by atoms with Gasteiger partial charge >= 0.3 is 152 Å². The van der Waals surface area contributed by atoms with E-state index in [0.717, 1.165) is 67.6 Å². The molecule has 0 aliphatic carbocycles. The summed E-state index contributed by atoms with van der Waals surface area (Å²) < 4.78 is 7.86. The van der Waals surface area contributed by atoms with Gasteiger partial charge in [0.15, 0.2) is 0 Å². The fourth-order valence-corrected chi connectivity index (χ4v) is 11.1. The summed E-state index contributed by atoms with van der Waals surface area (Å²) in [6, 6.07) is 48.5. The number of furan rings is 1. The number of nitrogens with zero attached hydrogens (tertiary/aromatic N) is 3.